The zero-order valence-corrected chi connectivity index (χ0v) is 12.4. The number of aromatic nitrogens is 3. The van der Waals surface area contributed by atoms with Crippen molar-refractivity contribution < 1.29 is 0 Å². The first-order valence-corrected chi connectivity index (χ1v) is 7.56. The molecule has 0 bridgehead atoms. The van der Waals surface area contributed by atoms with Crippen LogP contribution in [0.5, 0.6) is 0 Å². The summed E-state index contributed by atoms with van der Waals surface area (Å²) in [5.74, 6) is 1.89. The minimum atomic E-state index is 0.481. The quantitative estimate of drug-likeness (QED) is 0.871. The third-order valence-corrected chi connectivity index (χ3v) is 3.91. The third-order valence-electron chi connectivity index (χ3n) is 3.91. The van der Waals surface area contributed by atoms with Gasteiger partial charge in [-0.2, -0.15) is 0 Å². The van der Waals surface area contributed by atoms with Crippen molar-refractivity contribution in [2.24, 2.45) is 5.92 Å². The molecule has 3 heterocycles. The maximum Gasteiger partial charge on any atom is 0.166 e. The van der Waals surface area contributed by atoms with Crippen LogP contribution in [0.4, 0.5) is 11.6 Å². The van der Waals surface area contributed by atoms with Gasteiger partial charge in [0.1, 0.15) is 18.0 Å². The van der Waals surface area contributed by atoms with Crippen LogP contribution in [0.1, 0.15) is 19.8 Å². The van der Waals surface area contributed by atoms with Crippen LogP contribution in [-0.2, 0) is 0 Å². The molecule has 2 aromatic rings. The van der Waals surface area contributed by atoms with E-state index in [1.54, 1.807) is 6.07 Å². The van der Waals surface area contributed by atoms with Crippen molar-refractivity contribution in [2.45, 2.75) is 19.8 Å². The molecule has 3 N–H and O–H groups in total. The highest BCUT2D eigenvalue weighted by Gasteiger charge is 2.15. The van der Waals surface area contributed by atoms with Crippen LogP contribution in [0.2, 0.25) is 0 Å². The molecule has 0 aliphatic carbocycles. The number of fused-ring (bicyclic) bond motifs is 1. The molecule has 1 fully saturated rings. The van der Waals surface area contributed by atoms with Gasteiger partial charge in [-0.1, -0.05) is 6.92 Å². The number of anilines is 2. The van der Waals surface area contributed by atoms with E-state index in [2.05, 4.69) is 32.1 Å². The second-order valence-corrected chi connectivity index (χ2v) is 5.82. The molecule has 0 amide bonds. The molecule has 1 aliphatic rings. The predicted octanol–water partition coefficient (Wildman–Crippen LogP) is 1.75. The number of nitrogen functional groups attached to an aromatic ring is 1. The first-order valence-electron chi connectivity index (χ1n) is 7.56. The summed E-state index contributed by atoms with van der Waals surface area (Å²) in [6.45, 7) is 6.78. The number of nitrogens with one attached hydrogen (secondary N) is 1. The smallest absolute Gasteiger partial charge is 0.166 e. The summed E-state index contributed by atoms with van der Waals surface area (Å²) in [6, 6.07) is 3.70. The highest BCUT2D eigenvalue weighted by molar-refractivity contribution is 5.86. The normalized spacial score (nSPS) is 17.2. The molecular weight excluding hydrogens is 264 g/mol. The van der Waals surface area contributed by atoms with Gasteiger partial charge in [0, 0.05) is 13.1 Å². The highest BCUT2D eigenvalue weighted by Crippen LogP contribution is 2.19. The third kappa shape index (κ3) is 3.39. The molecule has 0 aromatic carbocycles. The molecule has 6 nitrogen and oxygen atoms in total. The number of likely N-dealkylation sites (tertiary alicyclic amines) is 1. The minimum Gasteiger partial charge on any atom is -0.384 e. The Balaban J connectivity index is 1.64. The fourth-order valence-corrected chi connectivity index (χ4v) is 2.84. The fourth-order valence-electron chi connectivity index (χ4n) is 2.84. The molecule has 21 heavy (non-hydrogen) atoms. The molecule has 0 radical (unpaired) electrons. The fraction of sp³-hybridized carbons (Fsp3) is 0.533. The van der Waals surface area contributed by atoms with E-state index in [-0.39, 0.29) is 0 Å². The van der Waals surface area contributed by atoms with Gasteiger partial charge < -0.3 is 16.0 Å². The number of hydrogen-bond donors (Lipinski definition) is 2. The molecule has 0 unspecified atom stereocenters. The topological polar surface area (TPSA) is 80.0 Å². The summed E-state index contributed by atoms with van der Waals surface area (Å²) in [6.07, 6.45) is 4.20. The lowest BCUT2D eigenvalue weighted by Crippen LogP contribution is -2.29. The summed E-state index contributed by atoms with van der Waals surface area (Å²) < 4.78 is 0. The van der Waals surface area contributed by atoms with Crippen molar-refractivity contribution in [2.75, 3.05) is 37.2 Å². The van der Waals surface area contributed by atoms with Crippen LogP contribution < -0.4 is 11.1 Å². The first kappa shape index (κ1) is 14.0. The summed E-state index contributed by atoms with van der Waals surface area (Å²) in [5, 5.41) is 4.34. The molecule has 6 heteroatoms. The van der Waals surface area contributed by atoms with E-state index < -0.39 is 0 Å². The number of hydrogen-bond acceptors (Lipinski definition) is 6. The second-order valence-electron chi connectivity index (χ2n) is 5.82. The zero-order chi connectivity index (χ0) is 14.7. The maximum absolute atomic E-state index is 5.69. The van der Waals surface area contributed by atoms with Gasteiger partial charge in [0.2, 0.25) is 0 Å². The van der Waals surface area contributed by atoms with Crippen LogP contribution in [0.3, 0.4) is 0 Å². The van der Waals surface area contributed by atoms with Crippen LogP contribution in [-0.4, -0.2) is 46.0 Å². The Kier molecular flexibility index (Phi) is 4.15. The second kappa shape index (κ2) is 6.22. The maximum atomic E-state index is 5.69. The summed E-state index contributed by atoms with van der Waals surface area (Å²) in [7, 11) is 0. The molecule has 3 rings (SSSR count). The Morgan fingerprint density at radius 2 is 2.10 bits per heavy atom. The number of rotatable bonds is 5. The Bertz CT molecular complexity index is 608. The van der Waals surface area contributed by atoms with Crippen molar-refractivity contribution in [1.82, 2.24) is 19.9 Å². The van der Waals surface area contributed by atoms with E-state index in [1.165, 1.54) is 32.3 Å². The summed E-state index contributed by atoms with van der Waals surface area (Å²) >= 11 is 0. The van der Waals surface area contributed by atoms with Crippen LogP contribution in [0.15, 0.2) is 18.5 Å². The van der Waals surface area contributed by atoms with Gasteiger partial charge in [-0.15, -0.1) is 0 Å². The van der Waals surface area contributed by atoms with Crippen molar-refractivity contribution >= 4 is 22.7 Å². The van der Waals surface area contributed by atoms with E-state index in [4.69, 9.17) is 5.73 Å². The van der Waals surface area contributed by atoms with Crippen LogP contribution >= 0.6 is 0 Å². The monoisotopic (exact) mass is 286 g/mol. The lowest BCUT2D eigenvalue weighted by molar-refractivity contribution is 0.294. The Labute approximate surface area is 124 Å². The van der Waals surface area contributed by atoms with Crippen LogP contribution in [0.25, 0.3) is 11.0 Å². The lowest BCUT2D eigenvalue weighted by Gasteiger charge is -2.20. The van der Waals surface area contributed by atoms with E-state index in [0.717, 1.165) is 24.3 Å². The zero-order valence-electron chi connectivity index (χ0n) is 12.4. The molecular formula is C15H22N6. The van der Waals surface area contributed by atoms with E-state index in [9.17, 15) is 0 Å². The Morgan fingerprint density at radius 3 is 2.90 bits per heavy atom. The molecule has 0 spiro atoms. The van der Waals surface area contributed by atoms with Crippen molar-refractivity contribution in [3.05, 3.63) is 18.5 Å². The largest absolute Gasteiger partial charge is 0.384 e. The van der Waals surface area contributed by atoms with Gasteiger partial charge in [-0.25, -0.2) is 15.0 Å². The molecule has 1 saturated heterocycles. The van der Waals surface area contributed by atoms with E-state index in [0.29, 0.717) is 17.4 Å². The molecule has 2 aromatic heterocycles. The average molecular weight is 286 g/mol. The Hall–Kier alpha value is -1.95. The summed E-state index contributed by atoms with van der Waals surface area (Å²) in [5.41, 5.74) is 6.33. The van der Waals surface area contributed by atoms with Crippen molar-refractivity contribution in [1.29, 1.82) is 0 Å². The number of pyridine rings is 1. The predicted molar refractivity (Wildman–Crippen MR) is 85.1 cm³/mol. The van der Waals surface area contributed by atoms with Gasteiger partial charge in [0.25, 0.3) is 0 Å². The van der Waals surface area contributed by atoms with Gasteiger partial charge >= 0.3 is 0 Å². The van der Waals surface area contributed by atoms with E-state index >= 15 is 0 Å². The number of nitrogens with zero attached hydrogens (tertiary/aromatic N) is 4. The molecule has 112 valence electrons. The minimum absolute atomic E-state index is 0.481. The van der Waals surface area contributed by atoms with E-state index in [1.807, 2.05) is 6.07 Å². The molecule has 1 atom stereocenters. The average Bonchev–Trinajstić information content (AvgIpc) is 2.97. The summed E-state index contributed by atoms with van der Waals surface area (Å²) in [4.78, 5) is 15.2. The molecule has 0 saturated carbocycles. The van der Waals surface area contributed by atoms with Gasteiger partial charge in [-0.05, 0) is 44.0 Å². The van der Waals surface area contributed by atoms with Gasteiger partial charge in [0.05, 0.1) is 5.39 Å². The van der Waals surface area contributed by atoms with Crippen LogP contribution in [0, 0.1) is 5.92 Å². The van der Waals surface area contributed by atoms with Gasteiger partial charge in [0.15, 0.2) is 5.65 Å². The number of nitrogens with two attached hydrogens (primary N) is 1. The van der Waals surface area contributed by atoms with Crippen molar-refractivity contribution in [3.63, 3.8) is 0 Å². The Morgan fingerprint density at radius 1 is 1.29 bits per heavy atom. The lowest BCUT2D eigenvalue weighted by atomic mass is 10.1. The standard InChI is InChI=1S/C15H22N6/c1-11(9-21-6-2-3-7-21)8-17-14-12-4-5-13(16)20-15(12)19-10-18-14/h4-5,10-11H,2-3,6-9H2,1H3,(H3,16,17,18,19,20)/t11-/m0/s1. The first-order chi connectivity index (χ1) is 10.2. The SMILES string of the molecule is C[C@@H](CNc1ncnc2nc(N)ccc12)CN1CCCC1. The molecule has 1 aliphatic heterocycles. The van der Waals surface area contributed by atoms with Gasteiger partial charge in [-0.3, -0.25) is 0 Å². The highest BCUT2D eigenvalue weighted by atomic mass is 15.1. The van der Waals surface area contributed by atoms with Crippen molar-refractivity contribution in [3.8, 4) is 0 Å².